The first-order chi connectivity index (χ1) is 12.7. The van der Waals surface area contributed by atoms with Crippen molar-refractivity contribution in [3.8, 4) is 12.1 Å². The normalized spacial score (nSPS) is 21.8. The molecule has 2 aliphatic rings. The van der Waals surface area contributed by atoms with Crippen LogP contribution in [0.15, 0.2) is 36.5 Å². The number of aryl methyl sites for hydroxylation is 1. The van der Waals surface area contributed by atoms with Gasteiger partial charge in [-0.25, -0.2) is 4.98 Å². The number of hydrogen-bond acceptors (Lipinski definition) is 5. The van der Waals surface area contributed by atoms with E-state index in [9.17, 15) is 10.5 Å². The van der Waals surface area contributed by atoms with E-state index < -0.39 is 0 Å². The first-order valence-electron chi connectivity index (χ1n) is 9.08. The summed E-state index contributed by atoms with van der Waals surface area (Å²) >= 11 is 0. The van der Waals surface area contributed by atoms with E-state index in [0.717, 1.165) is 49.5 Å². The Kier molecular flexibility index (Phi) is 4.22. The Morgan fingerprint density at radius 3 is 2.69 bits per heavy atom. The zero-order valence-electron chi connectivity index (χ0n) is 14.9. The molecule has 2 saturated heterocycles. The molecule has 130 valence electrons. The van der Waals surface area contributed by atoms with E-state index in [2.05, 4.69) is 39.9 Å². The molecule has 3 heterocycles. The van der Waals surface area contributed by atoms with Crippen molar-refractivity contribution in [3.05, 3.63) is 53.2 Å². The van der Waals surface area contributed by atoms with Crippen LogP contribution < -0.4 is 9.80 Å². The van der Waals surface area contributed by atoms with Crippen LogP contribution in [0.3, 0.4) is 0 Å². The van der Waals surface area contributed by atoms with E-state index in [1.807, 2.05) is 24.3 Å². The van der Waals surface area contributed by atoms with Crippen LogP contribution in [0.4, 0.5) is 11.5 Å². The van der Waals surface area contributed by atoms with Crippen molar-refractivity contribution < 1.29 is 0 Å². The molecule has 2 aromatic rings. The van der Waals surface area contributed by atoms with Gasteiger partial charge in [-0.1, -0.05) is 6.07 Å². The van der Waals surface area contributed by atoms with Gasteiger partial charge in [0.1, 0.15) is 18.0 Å². The van der Waals surface area contributed by atoms with Crippen LogP contribution in [-0.2, 0) is 0 Å². The Hall–Kier alpha value is -3.05. The fourth-order valence-corrected chi connectivity index (χ4v) is 4.34. The standard InChI is InChI=1S/C21H21N5/c1-15-4-5-17(12-22)19(11-15)26-10-7-16-6-9-25(14-20(16)26)21-18(13-23)3-2-8-24-21/h2-5,8,11,16,20H,6-7,9-10,14H2,1H3. The predicted molar refractivity (Wildman–Crippen MR) is 101 cm³/mol. The number of benzene rings is 1. The largest absolute Gasteiger partial charge is 0.365 e. The summed E-state index contributed by atoms with van der Waals surface area (Å²) < 4.78 is 0. The quantitative estimate of drug-likeness (QED) is 0.837. The monoisotopic (exact) mass is 343 g/mol. The van der Waals surface area contributed by atoms with E-state index in [1.54, 1.807) is 6.20 Å². The molecule has 0 saturated carbocycles. The molecule has 1 aromatic carbocycles. The average molecular weight is 343 g/mol. The van der Waals surface area contributed by atoms with Gasteiger partial charge in [0.15, 0.2) is 0 Å². The predicted octanol–water partition coefficient (Wildman–Crippen LogP) is 3.24. The number of nitriles is 2. The number of anilines is 2. The highest BCUT2D eigenvalue weighted by Gasteiger charge is 2.39. The molecule has 2 atom stereocenters. The molecule has 0 bridgehead atoms. The van der Waals surface area contributed by atoms with Gasteiger partial charge in [0.25, 0.3) is 0 Å². The maximum absolute atomic E-state index is 9.53. The molecule has 2 aliphatic heterocycles. The lowest BCUT2D eigenvalue weighted by atomic mass is 9.91. The van der Waals surface area contributed by atoms with E-state index >= 15 is 0 Å². The molecule has 0 amide bonds. The van der Waals surface area contributed by atoms with Crippen LogP contribution in [0.2, 0.25) is 0 Å². The third-order valence-electron chi connectivity index (χ3n) is 5.65. The van der Waals surface area contributed by atoms with Crippen LogP contribution in [0.5, 0.6) is 0 Å². The summed E-state index contributed by atoms with van der Waals surface area (Å²) in [4.78, 5) is 9.10. The SMILES string of the molecule is Cc1ccc(C#N)c(N2CCC3CCN(c4ncccc4C#N)CC32)c1. The van der Waals surface area contributed by atoms with Crippen LogP contribution in [0.25, 0.3) is 0 Å². The number of aromatic nitrogens is 1. The fourth-order valence-electron chi connectivity index (χ4n) is 4.34. The van der Waals surface area contributed by atoms with Crippen LogP contribution >= 0.6 is 0 Å². The molecule has 0 N–H and O–H groups in total. The summed E-state index contributed by atoms with van der Waals surface area (Å²) in [5.74, 6) is 1.41. The second-order valence-electron chi connectivity index (χ2n) is 7.16. The molecule has 1 aromatic heterocycles. The molecule has 5 nitrogen and oxygen atoms in total. The van der Waals surface area contributed by atoms with Gasteiger partial charge in [0, 0.05) is 31.9 Å². The van der Waals surface area contributed by atoms with Gasteiger partial charge in [-0.15, -0.1) is 0 Å². The van der Waals surface area contributed by atoms with Crippen LogP contribution in [-0.4, -0.2) is 30.7 Å². The Morgan fingerprint density at radius 1 is 1.08 bits per heavy atom. The van der Waals surface area contributed by atoms with E-state index in [-0.39, 0.29) is 0 Å². The van der Waals surface area contributed by atoms with Gasteiger partial charge in [-0.2, -0.15) is 10.5 Å². The minimum Gasteiger partial charge on any atom is -0.365 e. The van der Waals surface area contributed by atoms with Crippen molar-refractivity contribution in [3.63, 3.8) is 0 Å². The van der Waals surface area contributed by atoms with Crippen LogP contribution in [0.1, 0.15) is 29.5 Å². The molecule has 4 rings (SSSR count). The van der Waals surface area contributed by atoms with Gasteiger partial charge in [0.2, 0.25) is 0 Å². The molecule has 0 aliphatic carbocycles. The molecule has 26 heavy (non-hydrogen) atoms. The molecule has 2 fully saturated rings. The number of fused-ring (bicyclic) bond motifs is 1. The number of pyridine rings is 1. The van der Waals surface area contributed by atoms with E-state index in [0.29, 0.717) is 17.5 Å². The van der Waals surface area contributed by atoms with Crippen molar-refractivity contribution >= 4 is 11.5 Å². The highest BCUT2D eigenvalue weighted by Crippen LogP contribution is 2.38. The number of hydrogen-bond donors (Lipinski definition) is 0. The average Bonchev–Trinajstić information content (AvgIpc) is 3.11. The highest BCUT2D eigenvalue weighted by molar-refractivity contribution is 5.63. The summed E-state index contributed by atoms with van der Waals surface area (Å²) in [6, 6.07) is 14.6. The Morgan fingerprint density at radius 2 is 1.88 bits per heavy atom. The number of nitrogens with zero attached hydrogens (tertiary/aromatic N) is 5. The third-order valence-corrected chi connectivity index (χ3v) is 5.65. The lowest BCUT2D eigenvalue weighted by Gasteiger charge is -2.40. The van der Waals surface area contributed by atoms with E-state index in [1.165, 1.54) is 5.56 Å². The second kappa shape index (κ2) is 6.69. The molecule has 5 heteroatoms. The first-order valence-corrected chi connectivity index (χ1v) is 9.08. The Bertz CT molecular complexity index is 907. The Balaban J connectivity index is 1.65. The minimum absolute atomic E-state index is 0.353. The van der Waals surface area contributed by atoms with Crippen LogP contribution in [0, 0.1) is 35.5 Å². The van der Waals surface area contributed by atoms with Crippen molar-refractivity contribution in [2.24, 2.45) is 5.92 Å². The smallest absolute Gasteiger partial charge is 0.146 e. The number of piperidine rings is 1. The van der Waals surface area contributed by atoms with E-state index in [4.69, 9.17) is 0 Å². The van der Waals surface area contributed by atoms with Crippen molar-refractivity contribution in [1.29, 1.82) is 10.5 Å². The zero-order valence-corrected chi connectivity index (χ0v) is 14.9. The summed E-state index contributed by atoms with van der Waals surface area (Å²) in [6.45, 7) is 4.82. The fraction of sp³-hybridized carbons (Fsp3) is 0.381. The lowest BCUT2D eigenvalue weighted by molar-refractivity contribution is 0.389. The van der Waals surface area contributed by atoms with Gasteiger partial charge < -0.3 is 9.80 Å². The van der Waals surface area contributed by atoms with Crippen molar-refractivity contribution in [1.82, 2.24) is 4.98 Å². The minimum atomic E-state index is 0.353. The molecule has 0 radical (unpaired) electrons. The zero-order chi connectivity index (χ0) is 18.1. The maximum atomic E-state index is 9.53. The van der Waals surface area contributed by atoms with Crippen molar-refractivity contribution in [2.45, 2.75) is 25.8 Å². The first kappa shape index (κ1) is 16.4. The van der Waals surface area contributed by atoms with Gasteiger partial charge in [0.05, 0.1) is 16.8 Å². The van der Waals surface area contributed by atoms with Gasteiger partial charge >= 0.3 is 0 Å². The van der Waals surface area contributed by atoms with Gasteiger partial charge in [-0.05, 0) is 55.5 Å². The second-order valence-corrected chi connectivity index (χ2v) is 7.16. The summed E-state index contributed by atoms with van der Waals surface area (Å²) in [7, 11) is 0. The third kappa shape index (κ3) is 2.76. The molecule has 2 unspecified atom stereocenters. The number of rotatable bonds is 2. The molecular formula is C21H21N5. The maximum Gasteiger partial charge on any atom is 0.146 e. The highest BCUT2D eigenvalue weighted by atomic mass is 15.3. The Labute approximate surface area is 154 Å². The van der Waals surface area contributed by atoms with Gasteiger partial charge in [-0.3, -0.25) is 0 Å². The summed E-state index contributed by atoms with van der Waals surface area (Å²) in [6.07, 6.45) is 4.00. The van der Waals surface area contributed by atoms with Crippen molar-refractivity contribution in [2.75, 3.05) is 29.4 Å². The molecule has 0 spiro atoms. The molecular weight excluding hydrogens is 322 g/mol. The summed E-state index contributed by atoms with van der Waals surface area (Å²) in [5.41, 5.74) is 3.59. The summed E-state index contributed by atoms with van der Waals surface area (Å²) in [5, 5.41) is 18.9. The lowest BCUT2D eigenvalue weighted by Crippen LogP contribution is -2.49. The topological polar surface area (TPSA) is 67.0 Å².